The molecule has 0 aromatic carbocycles. The van der Waals surface area contributed by atoms with E-state index < -0.39 is 0 Å². The Kier molecular flexibility index (Phi) is 5.84. The second-order valence-corrected chi connectivity index (χ2v) is 7.05. The van der Waals surface area contributed by atoms with Crippen LogP contribution < -0.4 is 5.32 Å². The minimum Gasteiger partial charge on any atom is -0.382 e. The zero-order valence-corrected chi connectivity index (χ0v) is 13.5. The van der Waals surface area contributed by atoms with Gasteiger partial charge < -0.3 is 14.8 Å². The molecule has 2 rings (SSSR count). The molecule has 1 spiro atoms. The molecule has 1 N–H and O–H groups in total. The minimum absolute atomic E-state index is 0.241. The van der Waals surface area contributed by atoms with E-state index in [0.29, 0.717) is 18.8 Å². The van der Waals surface area contributed by atoms with Crippen molar-refractivity contribution >= 4 is 0 Å². The number of methoxy groups -OCH3 is 1. The molecule has 1 saturated heterocycles. The fourth-order valence-corrected chi connectivity index (χ4v) is 3.66. The van der Waals surface area contributed by atoms with Crippen LogP contribution in [0.15, 0.2) is 0 Å². The van der Waals surface area contributed by atoms with Crippen molar-refractivity contribution in [3.8, 4) is 0 Å². The maximum absolute atomic E-state index is 5.60. The van der Waals surface area contributed by atoms with Crippen molar-refractivity contribution in [1.82, 2.24) is 10.2 Å². The van der Waals surface area contributed by atoms with Crippen LogP contribution in [-0.4, -0.2) is 62.5 Å². The van der Waals surface area contributed by atoms with E-state index in [1.807, 2.05) is 0 Å². The Balaban J connectivity index is 1.79. The molecule has 1 aliphatic carbocycles. The highest BCUT2D eigenvalue weighted by molar-refractivity contribution is 5.04. The highest BCUT2D eigenvalue weighted by Gasteiger charge is 2.45. The molecule has 20 heavy (non-hydrogen) atoms. The number of ether oxygens (including phenoxy) is 2. The molecular weight excluding hydrogens is 252 g/mol. The molecule has 2 aliphatic rings. The van der Waals surface area contributed by atoms with Crippen molar-refractivity contribution in [3.05, 3.63) is 0 Å². The van der Waals surface area contributed by atoms with Crippen LogP contribution in [0, 0.1) is 0 Å². The Morgan fingerprint density at radius 3 is 2.55 bits per heavy atom. The van der Waals surface area contributed by atoms with Gasteiger partial charge in [-0.15, -0.1) is 0 Å². The lowest BCUT2D eigenvalue weighted by atomic mass is 9.87. The van der Waals surface area contributed by atoms with Crippen molar-refractivity contribution < 1.29 is 9.47 Å². The van der Waals surface area contributed by atoms with Gasteiger partial charge in [-0.25, -0.2) is 0 Å². The molecular formula is C16H32N2O2. The van der Waals surface area contributed by atoms with Gasteiger partial charge in [-0.2, -0.15) is 0 Å². The van der Waals surface area contributed by atoms with E-state index in [4.69, 9.17) is 9.47 Å². The van der Waals surface area contributed by atoms with Gasteiger partial charge in [0, 0.05) is 44.4 Å². The molecule has 2 fully saturated rings. The van der Waals surface area contributed by atoms with Crippen LogP contribution >= 0.6 is 0 Å². The summed E-state index contributed by atoms with van der Waals surface area (Å²) in [6, 6.07) is 0. The van der Waals surface area contributed by atoms with Gasteiger partial charge in [-0.3, -0.25) is 4.90 Å². The summed E-state index contributed by atoms with van der Waals surface area (Å²) in [6.07, 6.45) is 6.63. The maximum Gasteiger partial charge on any atom is 0.0700 e. The Hall–Kier alpha value is -0.160. The summed E-state index contributed by atoms with van der Waals surface area (Å²) in [6.45, 7) is 10.4. The molecule has 0 amide bonds. The van der Waals surface area contributed by atoms with Gasteiger partial charge in [0.1, 0.15) is 0 Å². The van der Waals surface area contributed by atoms with Gasteiger partial charge in [-0.05, 0) is 33.1 Å². The van der Waals surface area contributed by atoms with E-state index in [-0.39, 0.29) is 5.54 Å². The SMILES string of the molecule is COCCOCCCN1CC(C)(C)NCC12CCCC2. The average molecular weight is 284 g/mol. The van der Waals surface area contributed by atoms with Gasteiger partial charge in [0.2, 0.25) is 0 Å². The maximum atomic E-state index is 5.60. The summed E-state index contributed by atoms with van der Waals surface area (Å²) in [5.41, 5.74) is 0.673. The Labute approximate surface area is 124 Å². The van der Waals surface area contributed by atoms with Crippen molar-refractivity contribution in [2.75, 3.05) is 46.6 Å². The number of rotatable bonds is 7. The first-order valence-electron chi connectivity index (χ1n) is 8.15. The summed E-state index contributed by atoms with van der Waals surface area (Å²) in [5, 5.41) is 3.75. The zero-order valence-electron chi connectivity index (χ0n) is 13.5. The fraction of sp³-hybridized carbons (Fsp3) is 1.00. The first-order chi connectivity index (χ1) is 9.58. The van der Waals surface area contributed by atoms with Crippen LogP contribution in [0.2, 0.25) is 0 Å². The number of nitrogens with zero attached hydrogens (tertiary/aromatic N) is 1. The molecule has 0 radical (unpaired) electrons. The van der Waals surface area contributed by atoms with E-state index in [1.165, 1.54) is 25.7 Å². The highest BCUT2D eigenvalue weighted by Crippen LogP contribution is 2.38. The molecule has 0 aromatic rings. The third kappa shape index (κ3) is 4.17. The summed E-state index contributed by atoms with van der Waals surface area (Å²) in [5.74, 6) is 0. The highest BCUT2D eigenvalue weighted by atomic mass is 16.5. The van der Waals surface area contributed by atoms with Crippen LogP contribution in [0.3, 0.4) is 0 Å². The Morgan fingerprint density at radius 1 is 1.10 bits per heavy atom. The predicted molar refractivity (Wildman–Crippen MR) is 82.2 cm³/mol. The lowest BCUT2D eigenvalue weighted by molar-refractivity contribution is 0.00746. The second kappa shape index (κ2) is 7.21. The number of piperazine rings is 1. The van der Waals surface area contributed by atoms with Gasteiger partial charge in [-0.1, -0.05) is 12.8 Å². The van der Waals surface area contributed by atoms with Crippen molar-refractivity contribution in [2.45, 2.75) is 57.0 Å². The molecule has 1 heterocycles. The van der Waals surface area contributed by atoms with Gasteiger partial charge >= 0.3 is 0 Å². The summed E-state index contributed by atoms with van der Waals surface area (Å²) >= 11 is 0. The summed E-state index contributed by atoms with van der Waals surface area (Å²) in [7, 11) is 1.72. The van der Waals surface area contributed by atoms with Gasteiger partial charge in [0.25, 0.3) is 0 Å². The van der Waals surface area contributed by atoms with Crippen LogP contribution in [0.1, 0.15) is 46.0 Å². The van der Waals surface area contributed by atoms with Gasteiger partial charge in [0.15, 0.2) is 0 Å². The van der Waals surface area contributed by atoms with E-state index in [9.17, 15) is 0 Å². The fourth-order valence-electron chi connectivity index (χ4n) is 3.66. The van der Waals surface area contributed by atoms with Crippen LogP contribution in [-0.2, 0) is 9.47 Å². The van der Waals surface area contributed by atoms with Crippen LogP contribution in [0.25, 0.3) is 0 Å². The molecule has 4 heteroatoms. The Bertz CT molecular complexity index is 288. The van der Waals surface area contributed by atoms with E-state index in [1.54, 1.807) is 7.11 Å². The monoisotopic (exact) mass is 284 g/mol. The average Bonchev–Trinajstić information content (AvgIpc) is 2.88. The lowest BCUT2D eigenvalue weighted by Gasteiger charge is -2.51. The first-order valence-corrected chi connectivity index (χ1v) is 8.15. The molecule has 4 nitrogen and oxygen atoms in total. The molecule has 0 unspecified atom stereocenters. The van der Waals surface area contributed by atoms with E-state index in [0.717, 1.165) is 32.7 Å². The number of nitrogens with one attached hydrogen (secondary N) is 1. The quantitative estimate of drug-likeness (QED) is 0.725. The molecule has 118 valence electrons. The number of hydrogen-bond donors (Lipinski definition) is 1. The zero-order chi connectivity index (χ0) is 14.5. The molecule has 0 bridgehead atoms. The largest absolute Gasteiger partial charge is 0.382 e. The first kappa shape index (κ1) is 16.2. The number of hydrogen-bond acceptors (Lipinski definition) is 4. The molecule has 1 aliphatic heterocycles. The smallest absolute Gasteiger partial charge is 0.0700 e. The molecule has 0 atom stereocenters. The normalized spacial score (nSPS) is 25.4. The van der Waals surface area contributed by atoms with E-state index in [2.05, 4.69) is 24.1 Å². The Morgan fingerprint density at radius 2 is 1.85 bits per heavy atom. The standard InChI is InChI=1S/C16H32N2O2/c1-15(2)14-18(9-6-10-20-12-11-19-3)16(13-17-15)7-4-5-8-16/h17H,4-14H2,1-3H3. The topological polar surface area (TPSA) is 33.7 Å². The third-order valence-electron chi connectivity index (χ3n) is 4.84. The van der Waals surface area contributed by atoms with Crippen LogP contribution in [0.5, 0.6) is 0 Å². The predicted octanol–water partition coefficient (Wildman–Crippen LogP) is 2.04. The van der Waals surface area contributed by atoms with E-state index >= 15 is 0 Å². The van der Waals surface area contributed by atoms with Crippen molar-refractivity contribution in [3.63, 3.8) is 0 Å². The minimum atomic E-state index is 0.241. The van der Waals surface area contributed by atoms with Crippen molar-refractivity contribution in [2.24, 2.45) is 0 Å². The van der Waals surface area contributed by atoms with Crippen LogP contribution in [0.4, 0.5) is 0 Å². The molecule has 0 aromatic heterocycles. The summed E-state index contributed by atoms with van der Waals surface area (Å²) in [4.78, 5) is 2.75. The third-order valence-corrected chi connectivity index (χ3v) is 4.84. The summed E-state index contributed by atoms with van der Waals surface area (Å²) < 4.78 is 10.6. The second-order valence-electron chi connectivity index (χ2n) is 7.05. The van der Waals surface area contributed by atoms with Crippen molar-refractivity contribution in [1.29, 1.82) is 0 Å². The lowest BCUT2D eigenvalue weighted by Crippen LogP contribution is -2.67. The molecule has 1 saturated carbocycles. The van der Waals surface area contributed by atoms with Gasteiger partial charge in [0.05, 0.1) is 13.2 Å².